The average Bonchev–Trinajstić information content (AvgIpc) is 3.06. The van der Waals surface area contributed by atoms with Crippen LogP contribution in [0.3, 0.4) is 0 Å². The Morgan fingerprint density at radius 1 is 1.33 bits per heavy atom. The molecule has 0 bridgehead atoms. The van der Waals surface area contributed by atoms with Gasteiger partial charge >= 0.3 is 16.2 Å². The topological polar surface area (TPSA) is 114 Å². The minimum absolute atomic E-state index is 0.0112. The van der Waals surface area contributed by atoms with Crippen molar-refractivity contribution < 1.29 is 40.2 Å². The maximum Gasteiger partial charge on any atom is 0.411 e. The van der Waals surface area contributed by atoms with E-state index in [1.54, 1.807) is 0 Å². The van der Waals surface area contributed by atoms with E-state index in [-0.39, 0.29) is 24.6 Å². The van der Waals surface area contributed by atoms with Crippen molar-refractivity contribution in [3.05, 3.63) is 59.5 Å². The van der Waals surface area contributed by atoms with Gasteiger partial charge in [0, 0.05) is 6.92 Å². The second kappa shape index (κ2) is 9.25. The first-order valence-electron chi connectivity index (χ1n) is 9.58. The number of ether oxygens (including phenoxy) is 1. The van der Waals surface area contributed by atoms with Crippen LogP contribution in [0, 0.1) is 5.82 Å². The summed E-state index contributed by atoms with van der Waals surface area (Å²) in [7, 11) is -4.05. The number of nitrogens with zero attached hydrogens (tertiary/aromatic N) is 2. The highest BCUT2D eigenvalue weighted by Crippen LogP contribution is 2.42. The molecule has 1 atom stereocenters. The Labute approximate surface area is 187 Å². The van der Waals surface area contributed by atoms with E-state index in [2.05, 4.69) is 14.8 Å². The molecule has 0 radical (unpaired) electrons. The van der Waals surface area contributed by atoms with Crippen molar-refractivity contribution >= 4 is 28.3 Å². The van der Waals surface area contributed by atoms with Crippen LogP contribution >= 0.6 is 0 Å². The van der Waals surface area contributed by atoms with Gasteiger partial charge in [0.05, 0.1) is 31.5 Å². The Morgan fingerprint density at radius 2 is 2.00 bits per heavy atom. The van der Waals surface area contributed by atoms with Crippen LogP contribution in [-0.4, -0.2) is 62.5 Å². The van der Waals surface area contributed by atoms with E-state index in [9.17, 15) is 22.4 Å². The van der Waals surface area contributed by atoms with Gasteiger partial charge in [-0.1, -0.05) is 17.3 Å². The third kappa shape index (κ3) is 5.72. The molecular weight excluding hydrogens is 467 g/mol. The van der Waals surface area contributed by atoms with Crippen LogP contribution in [-0.2, 0) is 23.9 Å². The second-order valence-electron chi connectivity index (χ2n) is 7.50. The van der Waals surface area contributed by atoms with Crippen LogP contribution < -0.4 is 5.32 Å². The predicted molar refractivity (Wildman–Crippen MR) is 110 cm³/mol. The Hall–Kier alpha value is -3.35. The van der Waals surface area contributed by atoms with Gasteiger partial charge in [0.1, 0.15) is 29.1 Å². The maximum atomic E-state index is 15.2. The molecule has 2 amide bonds. The number of hydrogen-bond donors (Lipinski definition) is 1. The molecule has 3 rings (SSSR count). The molecule has 1 aromatic rings. The monoisotopic (exact) mass is 487 g/mol. The van der Waals surface area contributed by atoms with Gasteiger partial charge in [0.25, 0.3) is 0 Å². The summed E-state index contributed by atoms with van der Waals surface area (Å²) < 4.78 is 76.0. The van der Waals surface area contributed by atoms with Gasteiger partial charge in [-0.2, -0.15) is 8.42 Å². The van der Waals surface area contributed by atoms with Crippen molar-refractivity contribution in [1.82, 2.24) is 10.2 Å². The lowest BCUT2D eigenvalue weighted by atomic mass is 9.84. The van der Waals surface area contributed by atoms with Crippen LogP contribution in [0.2, 0.25) is 0 Å². The number of cyclic esters (lactones) is 1. The van der Waals surface area contributed by atoms with E-state index in [4.69, 9.17) is 4.74 Å². The number of benzene rings is 1. The number of amides is 2. The van der Waals surface area contributed by atoms with Crippen molar-refractivity contribution in [2.24, 2.45) is 5.16 Å². The van der Waals surface area contributed by atoms with Crippen molar-refractivity contribution in [3.8, 4) is 0 Å². The van der Waals surface area contributed by atoms with Crippen LogP contribution in [0.1, 0.15) is 18.4 Å². The van der Waals surface area contributed by atoms with Crippen molar-refractivity contribution in [2.45, 2.75) is 24.5 Å². The molecule has 0 saturated carbocycles. The fraction of sp³-hybridized carbons (Fsp3) is 0.350. The third-order valence-electron chi connectivity index (χ3n) is 4.83. The van der Waals surface area contributed by atoms with Gasteiger partial charge in [-0.25, -0.2) is 18.0 Å². The summed E-state index contributed by atoms with van der Waals surface area (Å²) in [4.78, 5) is 24.6. The molecule has 1 N–H and O–H groups in total. The van der Waals surface area contributed by atoms with E-state index < -0.39 is 51.2 Å². The quantitative estimate of drug-likeness (QED) is 0.466. The van der Waals surface area contributed by atoms with Crippen LogP contribution in [0.15, 0.2) is 53.2 Å². The fourth-order valence-corrected chi connectivity index (χ4v) is 3.67. The largest absolute Gasteiger partial charge is 0.442 e. The summed E-state index contributed by atoms with van der Waals surface area (Å²) in [5.74, 6) is -4.81. The highest BCUT2D eigenvalue weighted by molar-refractivity contribution is 7.85. The molecule has 1 aliphatic carbocycles. The normalized spacial score (nSPS) is 25.5. The van der Waals surface area contributed by atoms with Gasteiger partial charge in [0.15, 0.2) is 0 Å². The van der Waals surface area contributed by atoms with Gasteiger partial charge in [0.2, 0.25) is 5.91 Å². The molecule has 13 heteroatoms. The van der Waals surface area contributed by atoms with Gasteiger partial charge in [-0.3, -0.25) is 14.0 Å². The third-order valence-corrected chi connectivity index (χ3v) is 5.19. The number of hydrogen-bond acceptors (Lipinski definition) is 7. The smallest absolute Gasteiger partial charge is 0.411 e. The van der Waals surface area contributed by atoms with Gasteiger partial charge in [-0.05, 0) is 29.8 Å². The minimum atomic E-state index is -4.05. The second-order valence-corrected chi connectivity index (χ2v) is 9.06. The fourth-order valence-electron chi connectivity index (χ4n) is 3.47. The van der Waals surface area contributed by atoms with Gasteiger partial charge < -0.3 is 10.1 Å². The lowest BCUT2D eigenvalue weighted by Crippen LogP contribution is -2.50. The Bertz CT molecular complexity index is 1130. The standard InChI is InChI=1S/C20H20F3N3O6S/c1-12(27)24-9-15-10-26(19(28)31-15)20(11-25-32-33(2,29)30)7-16(22)18(17(23)8-20)13-4-3-5-14(21)6-13/h3-8,11,15,18H,9-10H2,1-2H3,(H,24,27)/b25-11+/t15-,18?,20?/m0/s1. The molecule has 0 spiro atoms. The van der Waals surface area contributed by atoms with E-state index in [1.807, 2.05) is 0 Å². The summed E-state index contributed by atoms with van der Waals surface area (Å²) in [5, 5.41) is 5.75. The molecule has 0 unspecified atom stereocenters. The zero-order valence-corrected chi connectivity index (χ0v) is 18.3. The average molecular weight is 487 g/mol. The minimum Gasteiger partial charge on any atom is -0.442 e. The van der Waals surface area contributed by atoms with Crippen LogP contribution in [0.25, 0.3) is 0 Å². The molecule has 2 aliphatic rings. The number of nitrogens with one attached hydrogen (secondary N) is 1. The molecule has 1 heterocycles. The highest BCUT2D eigenvalue weighted by atomic mass is 32.2. The molecule has 1 saturated heterocycles. The molecule has 0 aromatic heterocycles. The van der Waals surface area contributed by atoms with Crippen molar-refractivity contribution in [3.63, 3.8) is 0 Å². The highest BCUT2D eigenvalue weighted by Gasteiger charge is 2.47. The summed E-state index contributed by atoms with van der Waals surface area (Å²) in [6.45, 7) is 0.978. The predicted octanol–water partition coefficient (Wildman–Crippen LogP) is 2.29. The molecule has 178 valence electrons. The Balaban J connectivity index is 2.00. The summed E-state index contributed by atoms with van der Waals surface area (Å²) in [6.07, 6.45) is 1.27. The molecule has 1 aromatic carbocycles. The Kier molecular flexibility index (Phi) is 6.81. The molecular formula is C20H20F3N3O6S. The van der Waals surface area contributed by atoms with E-state index in [0.29, 0.717) is 6.26 Å². The summed E-state index contributed by atoms with van der Waals surface area (Å²) in [5.41, 5.74) is -2.05. The molecule has 9 nitrogen and oxygen atoms in total. The number of halogens is 3. The zero-order chi connectivity index (χ0) is 24.4. The number of carbonyl (C=O) groups is 2. The number of oxime groups is 1. The lowest BCUT2D eigenvalue weighted by Gasteiger charge is -2.35. The molecule has 1 aliphatic heterocycles. The number of allylic oxidation sites excluding steroid dienone is 2. The van der Waals surface area contributed by atoms with E-state index in [0.717, 1.165) is 35.4 Å². The van der Waals surface area contributed by atoms with Crippen molar-refractivity contribution in [2.75, 3.05) is 19.3 Å². The SMILES string of the molecule is CC(=O)NC[C@H]1CN(C2(/C=N/OS(C)(=O)=O)C=C(F)C(c3cccc(F)c3)C(F)=C2)C(=O)O1. The first kappa shape index (κ1) is 24.3. The van der Waals surface area contributed by atoms with Crippen LogP contribution in [0.4, 0.5) is 18.0 Å². The summed E-state index contributed by atoms with van der Waals surface area (Å²) >= 11 is 0. The number of carbonyl (C=O) groups excluding carboxylic acids is 2. The first-order chi connectivity index (χ1) is 15.4. The zero-order valence-electron chi connectivity index (χ0n) is 17.5. The van der Waals surface area contributed by atoms with Crippen molar-refractivity contribution in [1.29, 1.82) is 0 Å². The molecule has 1 fully saturated rings. The van der Waals surface area contributed by atoms with Gasteiger partial charge in [-0.15, -0.1) is 0 Å². The van der Waals surface area contributed by atoms with Crippen LogP contribution in [0.5, 0.6) is 0 Å². The summed E-state index contributed by atoms with van der Waals surface area (Å²) in [6, 6.07) is 4.70. The van der Waals surface area contributed by atoms with E-state index in [1.165, 1.54) is 19.1 Å². The Morgan fingerprint density at radius 3 is 2.58 bits per heavy atom. The lowest BCUT2D eigenvalue weighted by molar-refractivity contribution is -0.119. The number of rotatable bonds is 7. The molecule has 33 heavy (non-hydrogen) atoms. The first-order valence-corrected chi connectivity index (χ1v) is 11.4. The van der Waals surface area contributed by atoms with E-state index >= 15 is 8.78 Å². The maximum absolute atomic E-state index is 15.2.